The van der Waals surface area contributed by atoms with Crippen molar-refractivity contribution >= 4 is 42.8 Å². The van der Waals surface area contributed by atoms with Crippen LogP contribution in [0.15, 0.2) is 0 Å². The van der Waals surface area contributed by atoms with E-state index in [4.69, 9.17) is 139 Å². The van der Waals surface area contributed by atoms with E-state index in [1.54, 1.807) is 42.7 Å². The van der Waals surface area contributed by atoms with Crippen molar-refractivity contribution in [3.8, 4) is 0 Å². The third-order valence-electron chi connectivity index (χ3n) is 16.4. The van der Waals surface area contributed by atoms with E-state index in [1.807, 2.05) is 27.7 Å². The first-order chi connectivity index (χ1) is 47.4. The fourth-order valence-electron chi connectivity index (χ4n) is 9.46. The third kappa shape index (κ3) is 42.0. The second-order valence-corrected chi connectivity index (χ2v) is 41.6. The molecule has 0 aromatic heterocycles. The van der Waals surface area contributed by atoms with Crippen molar-refractivity contribution < 1.29 is 139 Å². The Bertz CT molecular complexity index is 1790. The van der Waals surface area contributed by atoms with E-state index in [1.165, 1.54) is 0 Å². The van der Waals surface area contributed by atoms with Gasteiger partial charge in [-0.05, 0) is 52.6 Å². The van der Waals surface area contributed by atoms with E-state index in [0.29, 0.717) is 180 Å². The van der Waals surface area contributed by atoms with Crippen molar-refractivity contribution in [1.82, 2.24) is 0 Å². The maximum absolute atomic E-state index is 6.01. The molecule has 0 aromatic rings. The Morgan fingerprint density at radius 3 is 0.629 bits per heavy atom. The minimum absolute atomic E-state index is 0.260. The van der Waals surface area contributed by atoms with Crippen LogP contribution in [0, 0.1) is 0 Å². The van der Waals surface area contributed by atoms with Gasteiger partial charge >= 0.3 is 42.8 Å². The summed E-state index contributed by atoms with van der Waals surface area (Å²) < 4.78 is 164. The molecule has 30 nitrogen and oxygen atoms in total. The molecule has 10 atom stereocenters. The Balaban J connectivity index is 0.000000192. The van der Waals surface area contributed by atoms with E-state index < -0.39 is 42.8 Å². The highest BCUT2D eigenvalue weighted by atomic mass is 28.4. The molecular formula is C62H124O30Si5. The lowest BCUT2D eigenvalue weighted by Gasteiger charge is -2.30. The van der Waals surface area contributed by atoms with Crippen molar-refractivity contribution in [2.24, 2.45) is 0 Å². The lowest BCUT2D eigenvalue weighted by atomic mass is 10.5. The molecule has 0 bridgehead atoms. The van der Waals surface area contributed by atoms with E-state index in [9.17, 15) is 0 Å². The van der Waals surface area contributed by atoms with E-state index >= 15 is 0 Å². The topological polar surface area (TPSA) is 310 Å². The quantitative estimate of drug-likeness (QED) is 0.0479. The summed E-state index contributed by atoms with van der Waals surface area (Å²) >= 11 is 0. The molecule has 10 unspecified atom stereocenters. The molecule has 10 aliphatic heterocycles. The first-order valence-corrected chi connectivity index (χ1v) is 46.3. The molecule has 10 heterocycles. The first-order valence-electron chi connectivity index (χ1n) is 35.2. The summed E-state index contributed by atoms with van der Waals surface area (Å²) in [6.07, 6.45) is 6.79. The molecule has 0 saturated carbocycles. The fraction of sp³-hybridized carbons (Fsp3) is 1.00. The van der Waals surface area contributed by atoms with Crippen molar-refractivity contribution in [2.75, 3.05) is 266 Å². The lowest BCUT2D eigenvalue weighted by Crippen LogP contribution is -2.52. The zero-order valence-electron chi connectivity index (χ0n) is 60.2. The first kappa shape index (κ1) is 85.8. The molecule has 10 fully saturated rings. The van der Waals surface area contributed by atoms with Crippen molar-refractivity contribution in [2.45, 2.75) is 138 Å². The molecule has 10 aliphatic rings. The Kier molecular flexibility index (Phi) is 43.9. The van der Waals surface area contributed by atoms with Gasteiger partial charge in [0.05, 0.1) is 157 Å². The molecule has 0 radical (unpaired) electrons. The van der Waals surface area contributed by atoms with E-state index in [0.717, 1.165) is 128 Å². The summed E-state index contributed by atoms with van der Waals surface area (Å²) in [6.45, 7) is 29.4. The molecular weight excluding hydrogens is 1370 g/mol. The predicted octanol–water partition coefficient (Wildman–Crippen LogP) is 3.26. The molecule has 0 aromatic carbocycles. The van der Waals surface area contributed by atoms with Crippen molar-refractivity contribution in [3.05, 3.63) is 0 Å². The number of rotatable bonds is 62. The van der Waals surface area contributed by atoms with Crippen LogP contribution in [0.2, 0.25) is 36.3 Å². The van der Waals surface area contributed by atoms with Crippen LogP contribution in [0.3, 0.4) is 0 Å². The van der Waals surface area contributed by atoms with Crippen molar-refractivity contribution in [3.63, 3.8) is 0 Å². The molecule has 0 spiro atoms. The number of hydrogen-bond donors (Lipinski definition) is 0. The highest BCUT2D eigenvalue weighted by Crippen LogP contribution is 2.25. The number of epoxide rings is 10. The van der Waals surface area contributed by atoms with Gasteiger partial charge in [-0.1, -0.05) is 0 Å². The van der Waals surface area contributed by atoms with Crippen LogP contribution < -0.4 is 0 Å². The molecule has 572 valence electrons. The Morgan fingerprint density at radius 2 is 0.412 bits per heavy atom. The SMILES string of the molecule is CCO[Si](CCOCC1CO1)(CCOCC1CO1)OCC.CCO[Si](COCC1CO1)(COCC1CO1)OCC.CO[Si](CCCOCC1CO1)(CCCOCC1CO1)OC.CO[Si](CCOCC1CO1)(CCOCC1CO1)OC.CO[Si](COCC1CO1)(COCC1CO1)OC. The van der Waals surface area contributed by atoms with Crippen LogP contribution in [-0.2, 0) is 139 Å². The maximum Gasteiger partial charge on any atom is 0.391 e. The molecule has 10 saturated heterocycles. The van der Waals surface area contributed by atoms with Gasteiger partial charge in [-0.15, -0.1) is 0 Å². The molecule has 10 rings (SSSR count). The Labute approximate surface area is 583 Å². The van der Waals surface area contributed by atoms with Gasteiger partial charge in [-0.2, -0.15) is 0 Å². The van der Waals surface area contributed by atoms with E-state index in [2.05, 4.69) is 0 Å². The standard InChI is InChI=1S/2C14H28O6Si.2C12H24O6Si.C10H20O6Si/c1-15-21(16-2,7-3-5-17-9-13-11-19-13)8-4-6-18-10-14-12-20-14;1-3-19-21(20-4-2,7-5-15-9-13-11-17-13)8-6-16-10-14-12-18-14;1-13-19(14-2,5-3-15-7-11-9-17-11)6-4-16-8-12-10-18-12;1-3-17-19(18-4-2,9-13-5-11-7-15-11)10-14-6-12-8-16-12;1-11-17(12-2,7-13-3-9-5-15-9)8-14-4-10-6-16-10/h2*13-14H,3-12H2,1-2H3;2*11-12H,3-10H2,1-2H3;9-10H,3-8H2,1-2H3. The summed E-state index contributed by atoms with van der Waals surface area (Å²) in [5.74, 6) is 0. The number of ether oxygens (including phenoxy) is 20. The van der Waals surface area contributed by atoms with Crippen LogP contribution in [-0.4, -0.2) is 370 Å². The normalized spacial score (nSPS) is 25.3. The average molecular weight is 1490 g/mol. The fourth-order valence-corrected chi connectivity index (χ4v) is 21.1. The number of hydrogen-bond acceptors (Lipinski definition) is 30. The van der Waals surface area contributed by atoms with Crippen LogP contribution in [0.4, 0.5) is 0 Å². The summed E-state index contributed by atoms with van der Waals surface area (Å²) in [7, 11) is -1.08. The molecule has 35 heteroatoms. The third-order valence-corrected chi connectivity index (χ3v) is 32.8. The zero-order chi connectivity index (χ0) is 69.2. The van der Waals surface area contributed by atoms with Gasteiger partial charge in [0.1, 0.15) is 61.0 Å². The maximum atomic E-state index is 6.01. The van der Waals surface area contributed by atoms with Crippen LogP contribution in [0.25, 0.3) is 0 Å². The minimum atomic E-state index is -2.43. The highest BCUT2D eigenvalue weighted by molar-refractivity contribution is 6.69. The summed E-state index contributed by atoms with van der Waals surface area (Å²) in [5, 5.41) is 0. The monoisotopic (exact) mass is 1490 g/mol. The molecule has 97 heavy (non-hydrogen) atoms. The Morgan fingerprint density at radius 1 is 0.227 bits per heavy atom. The van der Waals surface area contributed by atoms with Gasteiger partial charge in [0, 0.05) is 133 Å². The molecule has 0 aliphatic carbocycles. The second kappa shape index (κ2) is 49.6. The highest BCUT2D eigenvalue weighted by Gasteiger charge is 2.43. The molecule has 0 N–H and O–H groups in total. The van der Waals surface area contributed by atoms with Crippen LogP contribution in [0.5, 0.6) is 0 Å². The second-order valence-electron chi connectivity index (χ2n) is 24.8. The lowest BCUT2D eigenvalue weighted by molar-refractivity contribution is 0.0607. The van der Waals surface area contributed by atoms with Gasteiger partial charge in [-0.25, -0.2) is 0 Å². The van der Waals surface area contributed by atoms with Crippen LogP contribution >= 0.6 is 0 Å². The van der Waals surface area contributed by atoms with Gasteiger partial charge < -0.3 is 139 Å². The van der Waals surface area contributed by atoms with Gasteiger partial charge in [0.2, 0.25) is 0 Å². The minimum Gasteiger partial charge on any atom is -0.398 e. The van der Waals surface area contributed by atoms with Crippen molar-refractivity contribution in [1.29, 1.82) is 0 Å². The van der Waals surface area contributed by atoms with Crippen LogP contribution in [0.1, 0.15) is 40.5 Å². The smallest absolute Gasteiger partial charge is 0.391 e. The Hall–Kier alpha value is -0.116. The zero-order valence-corrected chi connectivity index (χ0v) is 65.2. The van der Waals surface area contributed by atoms with Gasteiger partial charge in [0.25, 0.3) is 0 Å². The van der Waals surface area contributed by atoms with E-state index in [-0.39, 0.29) is 24.4 Å². The van der Waals surface area contributed by atoms with Gasteiger partial charge in [-0.3, -0.25) is 0 Å². The summed E-state index contributed by atoms with van der Waals surface area (Å²) in [6, 6.07) is 5.22. The predicted molar refractivity (Wildman–Crippen MR) is 361 cm³/mol. The molecule has 0 amide bonds. The summed E-state index contributed by atoms with van der Waals surface area (Å²) in [4.78, 5) is 0. The average Bonchev–Trinajstić information content (AvgIpc) is 2.12. The van der Waals surface area contributed by atoms with Gasteiger partial charge in [0.15, 0.2) is 0 Å². The largest absolute Gasteiger partial charge is 0.398 e. The summed E-state index contributed by atoms with van der Waals surface area (Å²) in [5.41, 5.74) is 0.